The first-order valence-electron chi connectivity index (χ1n) is 12.1. The molecule has 15 heteroatoms. The number of methoxy groups -OCH3 is 1. The Labute approximate surface area is 234 Å². The molecule has 2 atom stereocenters. The van der Waals surface area contributed by atoms with Crippen LogP contribution in [-0.2, 0) is 5.60 Å². The van der Waals surface area contributed by atoms with Crippen molar-refractivity contribution in [3.63, 3.8) is 0 Å². The van der Waals surface area contributed by atoms with Crippen molar-refractivity contribution in [3.8, 4) is 5.75 Å². The molecule has 2 aromatic carbocycles. The number of hydrogen-bond acceptors (Lipinski definition) is 11. The van der Waals surface area contributed by atoms with Gasteiger partial charge in [-0.2, -0.15) is 4.98 Å². The normalized spacial score (nSPS) is 17.3. The van der Waals surface area contributed by atoms with Crippen molar-refractivity contribution in [2.75, 3.05) is 49.8 Å². The fraction of sp³-hybridized carbons (Fsp3) is 0.400. The zero-order chi connectivity index (χ0) is 29.4. The number of ether oxygens (including phenoxy) is 1. The minimum absolute atomic E-state index is 0.00213. The first-order valence-corrected chi connectivity index (χ1v) is 12.5. The van der Waals surface area contributed by atoms with Gasteiger partial charge in [0.25, 0.3) is 5.69 Å². The Morgan fingerprint density at radius 2 is 1.82 bits per heavy atom. The second kappa shape index (κ2) is 11.3. The number of likely N-dealkylation sites (N-methyl/N-ethyl adjacent to an activating group) is 1. The summed E-state index contributed by atoms with van der Waals surface area (Å²) in [5.41, 5.74) is -0.771. The highest BCUT2D eigenvalue weighted by Crippen LogP contribution is 2.41. The first-order chi connectivity index (χ1) is 18.8. The van der Waals surface area contributed by atoms with Gasteiger partial charge in [-0.1, -0.05) is 11.6 Å². The maximum Gasteiger partial charge on any atom is 0.294 e. The number of halogens is 3. The average molecular weight is 579 g/mol. The van der Waals surface area contributed by atoms with Gasteiger partial charge in [-0.3, -0.25) is 10.1 Å². The van der Waals surface area contributed by atoms with E-state index in [4.69, 9.17) is 16.3 Å². The van der Waals surface area contributed by atoms with Crippen molar-refractivity contribution in [1.29, 1.82) is 0 Å². The van der Waals surface area contributed by atoms with Gasteiger partial charge in [0, 0.05) is 29.9 Å². The van der Waals surface area contributed by atoms with E-state index in [0.717, 1.165) is 6.07 Å². The molecule has 1 aliphatic heterocycles. The lowest BCUT2D eigenvalue weighted by Gasteiger charge is -2.23. The van der Waals surface area contributed by atoms with E-state index >= 15 is 0 Å². The van der Waals surface area contributed by atoms with Crippen LogP contribution in [0.4, 0.5) is 43.4 Å². The Kier molecular flexibility index (Phi) is 8.23. The molecule has 12 nitrogen and oxygen atoms in total. The summed E-state index contributed by atoms with van der Waals surface area (Å²) in [5, 5.41) is 28.1. The third kappa shape index (κ3) is 6.13. The van der Waals surface area contributed by atoms with Crippen molar-refractivity contribution in [1.82, 2.24) is 19.9 Å². The lowest BCUT2D eigenvalue weighted by Crippen LogP contribution is -2.36. The minimum Gasteiger partial charge on any atom is -0.494 e. The summed E-state index contributed by atoms with van der Waals surface area (Å²) in [6.07, 6.45) is 0.0110. The fourth-order valence-corrected chi connectivity index (χ4v) is 4.63. The number of rotatable bonds is 9. The molecule has 3 aromatic rings. The number of nitrogens with zero attached hydrogens (tertiary/aromatic N) is 6. The highest BCUT2D eigenvalue weighted by Gasteiger charge is 2.37. The summed E-state index contributed by atoms with van der Waals surface area (Å²) in [6.45, 7) is 3.25. The maximum absolute atomic E-state index is 14.6. The molecular formula is C25H29ClF2N8O4. The molecule has 4 rings (SSSR count). The second-order valence-corrected chi connectivity index (χ2v) is 10.4. The van der Waals surface area contributed by atoms with Crippen LogP contribution in [0.1, 0.15) is 19.4 Å². The van der Waals surface area contributed by atoms with Crippen LogP contribution in [0.3, 0.4) is 0 Å². The number of anilines is 5. The van der Waals surface area contributed by atoms with Crippen LogP contribution in [0.2, 0.25) is 5.02 Å². The van der Waals surface area contributed by atoms with Crippen molar-refractivity contribution in [2.45, 2.75) is 31.7 Å². The number of nitrogens with one attached hydrogen (secondary N) is 2. The first kappa shape index (κ1) is 29.1. The molecule has 0 aliphatic carbocycles. The van der Waals surface area contributed by atoms with Crippen LogP contribution >= 0.6 is 11.6 Å². The van der Waals surface area contributed by atoms with Gasteiger partial charge in [-0.25, -0.2) is 18.7 Å². The van der Waals surface area contributed by atoms with E-state index in [1.165, 1.54) is 45.5 Å². The number of alkyl halides is 1. The molecule has 1 fully saturated rings. The van der Waals surface area contributed by atoms with E-state index in [1.54, 1.807) is 23.9 Å². The van der Waals surface area contributed by atoms with Crippen molar-refractivity contribution in [2.24, 2.45) is 0 Å². The lowest BCUT2D eigenvalue weighted by molar-refractivity contribution is -0.384. The largest absolute Gasteiger partial charge is 0.494 e. The lowest BCUT2D eigenvalue weighted by atomic mass is 9.96. The number of nitro benzene ring substituents is 1. The Hall–Kier alpha value is -3.88. The topological polar surface area (TPSA) is 142 Å². The minimum atomic E-state index is -1.42. The molecule has 1 aliphatic rings. The smallest absolute Gasteiger partial charge is 0.294 e. The zero-order valence-electron chi connectivity index (χ0n) is 22.4. The Morgan fingerprint density at radius 3 is 2.38 bits per heavy atom. The van der Waals surface area contributed by atoms with E-state index in [1.807, 2.05) is 0 Å². The van der Waals surface area contributed by atoms with Crippen LogP contribution in [0.5, 0.6) is 5.75 Å². The standard InChI is InChI=1S/C25H29ClF2N8O4/c1-25(2,37)13-6-15(27)14(26)7-17(13)31-23-29-12-30-24(33-23)32-18-8-20(36(38)39)19(9-22(18)40-5)35-10-16(28)21(11-35)34(3)4/h6-9,12,16,21,37H,10-11H2,1-5H3,(H2,29,30,31,32,33)/t16-,21+/m1/s1. The monoisotopic (exact) mass is 578 g/mol. The molecule has 0 saturated carbocycles. The third-order valence-corrected chi connectivity index (χ3v) is 6.79. The quantitative estimate of drug-likeness (QED) is 0.246. The summed E-state index contributed by atoms with van der Waals surface area (Å²) in [7, 11) is 4.92. The Balaban J connectivity index is 1.65. The Morgan fingerprint density at radius 1 is 1.18 bits per heavy atom. The summed E-state index contributed by atoms with van der Waals surface area (Å²) >= 11 is 5.95. The summed E-state index contributed by atoms with van der Waals surface area (Å²) in [5.74, 6) is -0.424. The number of aliphatic hydroxyl groups is 1. The number of benzene rings is 2. The molecule has 40 heavy (non-hydrogen) atoms. The van der Waals surface area contributed by atoms with E-state index < -0.39 is 28.6 Å². The van der Waals surface area contributed by atoms with Crippen molar-refractivity contribution in [3.05, 3.63) is 57.1 Å². The summed E-state index contributed by atoms with van der Waals surface area (Å²) in [6, 6.07) is 4.75. The molecule has 0 spiro atoms. The van der Waals surface area contributed by atoms with Crippen LogP contribution < -0.4 is 20.3 Å². The van der Waals surface area contributed by atoms with Crippen molar-refractivity contribution < 1.29 is 23.5 Å². The van der Waals surface area contributed by atoms with Gasteiger partial charge in [0.05, 0.1) is 40.9 Å². The molecule has 214 valence electrons. The van der Waals surface area contributed by atoms with Crippen LogP contribution in [0.15, 0.2) is 30.6 Å². The SMILES string of the molecule is COc1cc(N2C[C@@H](F)[C@@H](N(C)C)C2)c([N+](=O)[O-])cc1Nc1ncnc(Nc2cc(Cl)c(F)cc2C(C)(C)O)n1. The average Bonchev–Trinajstić information content (AvgIpc) is 3.27. The summed E-state index contributed by atoms with van der Waals surface area (Å²) in [4.78, 5) is 27.2. The Bertz CT molecular complexity index is 1420. The van der Waals surface area contributed by atoms with Crippen LogP contribution in [0.25, 0.3) is 0 Å². The van der Waals surface area contributed by atoms with Gasteiger partial charge in [0.1, 0.15) is 29.8 Å². The molecule has 0 unspecified atom stereocenters. The van der Waals surface area contributed by atoms with Gasteiger partial charge in [0.2, 0.25) is 11.9 Å². The molecule has 0 amide bonds. The van der Waals surface area contributed by atoms with Crippen LogP contribution in [0, 0.1) is 15.9 Å². The van der Waals surface area contributed by atoms with E-state index in [9.17, 15) is 24.0 Å². The number of aromatic nitrogens is 3. The second-order valence-electron chi connectivity index (χ2n) is 10.0. The highest BCUT2D eigenvalue weighted by atomic mass is 35.5. The van der Waals surface area contributed by atoms with E-state index in [0.29, 0.717) is 0 Å². The van der Waals surface area contributed by atoms with Gasteiger partial charge in [-0.15, -0.1) is 0 Å². The molecule has 2 heterocycles. The molecular weight excluding hydrogens is 550 g/mol. The van der Waals surface area contributed by atoms with Crippen molar-refractivity contribution >= 4 is 46.2 Å². The van der Waals surface area contributed by atoms with Gasteiger partial charge in [-0.05, 0) is 40.1 Å². The molecule has 1 aromatic heterocycles. The maximum atomic E-state index is 14.6. The fourth-order valence-electron chi connectivity index (χ4n) is 4.47. The predicted octanol–water partition coefficient (Wildman–Crippen LogP) is 4.38. The zero-order valence-corrected chi connectivity index (χ0v) is 23.2. The predicted molar refractivity (Wildman–Crippen MR) is 147 cm³/mol. The number of nitro groups is 1. The van der Waals surface area contributed by atoms with Crippen LogP contribution in [-0.4, -0.2) is 76.4 Å². The van der Waals surface area contributed by atoms with Gasteiger partial charge in [0.15, 0.2) is 0 Å². The highest BCUT2D eigenvalue weighted by molar-refractivity contribution is 6.31. The molecule has 0 radical (unpaired) electrons. The molecule has 1 saturated heterocycles. The van der Waals surface area contributed by atoms with Gasteiger partial charge < -0.3 is 30.3 Å². The van der Waals surface area contributed by atoms with Gasteiger partial charge >= 0.3 is 0 Å². The number of hydrogen-bond donors (Lipinski definition) is 3. The molecule has 3 N–H and O–H groups in total. The third-order valence-electron chi connectivity index (χ3n) is 6.50. The molecule has 0 bridgehead atoms. The van der Waals surface area contributed by atoms with E-state index in [-0.39, 0.29) is 64.1 Å². The van der Waals surface area contributed by atoms with E-state index in [2.05, 4.69) is 25.6 Å². The summed E-state index contributed by atoms with van der Waals surface area (Å²) < 4.78 is 34.2.